The lowest BCUT2D eigenvalue weighted by atomic mass is 10.0. The zero-order valence-corrected chi connectivity index (χ0v) is 11.0. The van der Waals surface area contributed by atoms with Crippen LogP contribution in [-0.4, -0.2) is 6.54 Å². The number of fused-ring (bicyclic) bond motifs is 1. The van der Waals surface area contributed by atoms with E-state index in [0.29, 0.717) is 12.3 Å². The van der Waals surface area contributed by atoms with Gasteiger partial charge in [0, 0.05) is 6.07 Å². The molecule has 2 aromatic carbocycles. The Morgan fingerprint density at radius 2 is 1.84 bits per heavy atom. The number of halogens is 1. The number of ether oxygens (including phenoxy) is 1. The molecule has 2 aromatic rings. The summed E-state index contributed by atoms with van der Waals surface area (Å²) < 4.78 is 19.1. The number of hydrogen-bond donors (Lipinski definition) is 1. The molecule has 1 aliphatic heterocycles. The topological polar surface area (TPSA) is 21.3 Å². The van der Waals surface area contributed by atoms with Crippen molar-refractivity contribution >= 4 is 5.69 Å². The molecule has 3 rings (SSSR count). The Morgan fingerprint density at radius 3 is 2.58 bits per heavy atom. The maximum absolute atomic E-state index is 13.1. The van der Waals surface area contributed by atoms with Crippen LogP contribution in [0.1, 0.15) is 22.8 Å². The van der Waals surface area contributed by atoms with Gasteiger partial charge in [-0.2, -0.15) is 0 Å². The minimum atomic E-state index is -0.250. The summed E-state index contributed by atoms with van der Waals surface area (Å²) in [5, 5.41) is 3.23. The van der Waals surface area contributed by atoms with Crippen molar-refractivity contribution in [2.75, 3.05) is 11.9 Å². The van der Waals surface area contributed by atoms with E-state index in [1.165, 1.54) is 23.3 Å². The average molecular weight is 257 g/mol. The second kappa shape index (κ2) is 4.57. The van der Waals surface area contributed by atoms with Crippen LogP contribution in [0.25, 0.3) is 0 Å². The van der Waals surface area contributed by atoms with Gasteiger partial charge < -0.3 is 10.1 Å². The normalized spacial score (nSPS) is 17.3. The Hall–Kier alpha value is -2.03. The molecular weight excluding hydrogens is 241 g/mol. The minimum Gasteiger partial charge on any atom is -0.482 e. The summed E-state index contributed by atoms with van der Waals surface area (Å²) in [6, 6.07) is 11.0. The van der Waals surface area contributed by atoms with Crippen molar-refractivity contribution in [3.05, 3.63) is 58.9 Å². The minimum absolute atomic E-state index is 0.0310. The van der Waals surface area contributed by atoms with Gasteiger partial charge in [-0.1, -0.05) is 29.3 Å². The maximum atomic E-state index is 13.1. The Morgan fingerprint density at radius 1 is 1.11 bits per heavy atom. The third-order valence-electron chi connectivity index (χ3n) is 3.30. The van der Waals surface area contributed by atoms with Crippen LogP contribution in [0.3, 0.4) is 0 Å². The van der Waals surface area contributed by atoms with Gasteiger partial charge in [-0.3, -0.25) is 0 Å². The molecule has 0 amide bonds. The van der Waals surface area contributed by atoms with Crippen molar-refractivity contribution in [1.29, 1.82) is 0 Å². The van der Waals surface area contributed by atoms with E-state index in [1.807, 2.05) is 0 Å². The summed E-state index contributed by atoms with van der Waals surface area (Å²) in [7, 11) is 0. The molecular formula is C16H16FNO. The van der Waals surface area contributed by atoms with Crippen LogP contribution in [0.5, 0.6) is 5.75 Å². The van der Waals surface area contributed by atoms with Crippen LogP contribution < -0.4 is 10.1 Å². The summed E-state index contributed by atoms with van der Waals surface area (Å²) in [6.45, 7) is 4.81. The van der Waals surface area contributed by atoms with Crippen molar-refractivity contribution in [2.24, 2.45) is 0 Å². The quantitative estimate of drug-likeness (QED) is 0.834. The Balaban J connectivity index is 1.91. The fraction of sp³-hybridized carbons (Fsp3) is 0.250. The van der Waals surface area contributed by atoms with E-state index < -0.39 is 0 Å². The first-order valence-electron chi connectivity index (χ1n) is 6.40. The predicted molar refractivity (Wildman–Crippen MR) is 74.2 cm³/mol. The van der Waals surface area contributed by atoms with Gasteiger partial charge in [-0.05, 0) is 31.5 Å². The standard InChI is InChI=1S/C16H16FNO/c1-10-5-11(2)7-12(6-10)16-9-18-14-8-13(17)3-4-15(14)19-16/h3-8,16,18H,9H2,1-2H3. The van der Waals surface area contributed by atoms with E-state index in [2.05, 4.69) is 37.4 Å². The Labute approximate surface area is 112 Å². The van der Waals surface area contributed by atoms with Gasteiger partial charge in [0.25, 0.3) is 0 Å². The van der Waals surface area contributed by atoms with Crippen molar-refractivity contribution in [3.8, 4) is 5.75 Å². The summed E-state index contributed by atoms with van der Waals surface area (Å²) in [5.41, 5.74) is 4.33. The SMILES string of the molecule is Cc1cc(C)cc(C2CNc3cc(F)ccc3O2)c1. The molecule has 0 saturated heterocycles. The third kappa shape index (κ3) is 2.41. The lowest BCUT2D eigenvalue weighted by Gasteiger charge is -2.28. The van der Waals surface area contributed by atoms with Crippen molar-refractivity contribution < 1.29 is 9.13 Å². The molecule has 2 nitrogen and oxygen atoms in total. The van der Waals surface area contributed by atoms with Crippen LogP contribution in [0, 0.1) is 19.7 Å². The molecule has 19 heavy (non-hydrogen) atoms. The van der Waals surface area contributed by atoms with Crippen molar-refractivity contribution in [3.63, 3.8) is 0 Å². The molecule has 1 heterocycles. The Bertz CT molecular complexity index is 604. The molecule has 0 fully saturated rings. The highest BCUT2D eigenvalue weighted by atomic mass is 19.1. The van der Waals surface area contributed by atoms with Gasteiger partial charge in [0.2, 0.25) is 0 Å². The number of rotatable bonds is 1. The molecule has 0 radical (unpaired) electrons. The summed E-state index contributed by atoms with van der Waals surface area (Å²) >= 11 is 0. The number of aryl methyl sites for hydroxylation is 2. The van der Waals surface area contributed by atoms with E-state index in [1.54, 1.807) is 6.07 Å². The lowest BCUT2D eigenvalue weighted by molar-refractivity contribution is 0.210. The smallest absolute Gasteiger partial charge is 0.143 e. The fourth-order valence-corrected chi connectivity index (χ4v) is 2.52. The summed E-state index contributed by atoms with van der Waals surface area (Å²) in [4.78, 5) is 0. The highest BCUT2D eigenvalue weighted by Crippen LogP contribution is 2.34. The molecule has 1 N–H and O–H groups in total. The van der Waals surface area contributed by atoms with Crippen molar-refractivity contribution in [1.82, 2.24) is 0 Å². The first kappa shape index (κ1) is 12.0. The highest BCUT2D eigenvalue weighted by Gasteiger charge is 2.21. The zero-order valence-electron chi connectivity index (χ0n) is 11.0. The average Bonchev–Trinajstić information content (AvgIpc) is 2.37. The molecule has 98 valence electrons. The van der Waals surface area contributed by atoms with Crippen LogP contribution in [0.15, 0.2) is 36.4 Å². The molecule has 0 aromatic heterocycles. The van der Waals surface area contributed by atoms with Gasteiger partial charge in [-0.15, -0.1) is 0 Å². The molecule has 1 unspecified atom stereocenters. The number of anilines is 1. The Kier molecular flexibility index (Phi) is 2.90. The first-order chi connectivity index (χ1) is 9.11. The van der Waals surface area contributed by atoms with E-state index in [9.17, 15) is 4.39 Å². The second-order valence-electron chi connectivity index (χ2n) is 5.05. The van der Waals surface area contributed by atoms with E-state index in [0.717, 1.165) is 11.3 Å². The molecule has 1 aliphatic rings. The van der Waals surface area contributed by atoms with Gasteiger partial charge >= 0.3 is 0 Å². The fourth-order valence-electron chi connectivity index (χ4n) is 2.52. The highest BCUT2D eigenvalue weighted by molar-refractivity contribution is 5.58. The molecule has 0 bridgehead atoms. The van der Waals surface area contributed by atoms with E-state index in [4.69, 9.17) is 4.74 Å². The molecule has 3 heteroatoms. The first-order valence-corrected chi connectivity index (χ1v) is 6.40. The second-order valence-corrected chi connectivity index (χ2v) is 5.05. The monoisotopic (exact) mass is 257 g/mol. The van der Waals surface area contributed by atoms with Gasteiger partial charge in [-0.25, -0.2) is 4.39 Å². The van der Waals surface area contributed by atoms with Crippen LogP contribution in [-0.2, 0) is 0 Å². The van der Waals surface area contributed by atoms with E-state index >= 15 is 0 Å². The van der Waals surface area contributed by atoms with Crippen LogP contribution >= 0.6 is 0 Å². The number of hydrogen-bond acceptors (Lipinski definition) is 2. The predicted octanol–water partition coefficient (Wildman–Crippen LogP) is 3.99. The molecule has 1 atom stereocenters. The summed E-state index contributed by atoms with van der Waals surface area (Å²) in [5.74, 6) is 0.455. The maximum Gasteiger partial charge on any atom is 0.143 e. The number of nitrogens with one attached hydrogen (secondary N) is 1. The van der Waals surface area contributed by atoms with E-state index in [-0.39, 0.29) is 11.9 Å². The largest absolute Gasteiger partial charge is 0.482 e. The number of benzene rings is 2. The van der Waals surface area contributed by atoms with Crippen LogP contribution in [0.2, 0.25) is 0 Å². The zero-order chi connectivity index (χ0) is 13.4. The molecule has 0 spiro atoms. The summed E-state index contributed by atoms with van der Waals surface area (Å²) in [6.07, 6.45) is -0.0310. The molecule has 0 aliphatic carbocycles. The van der Waals surface area contributed by atoms with Gasteiger partial charge in [0.1, 0.15) is 17.7 Å². The lowest BCUT2D eigenvalue weighted by Crippen LogP contribution is -2.23. The van der Waals surface area contributed by atoms with Crippen LogP contribution in [0.4, 0.5) is 10.1 Å². The third-order valence-corrected chi connectivity index (χ3v) is 3.30. The van der Waals surface area contributed by atoms with Crippen molar-refractivity contribution in [2.45, 2.75) is 20.0 Å². The molecule has 0 saturated carbocycles. The van der Waals surface area contributed by atoms with Gasteiger partial charge in [0.05, 0.1) is 12.2 Å². The van der Waals surface area contributed by atoms with Gasteiger partial charge in [0.15, 0.2) is 0 Å².